The summed E-state index contributed by atoms with van der Waals surface area (Å²) in [5.41, 5.74) is -2.34. The van der Waals surface area contributed by atoms with Gasteiger partial charge in [0.2, 0.25) is 5.41 Å². The summed E-state index contributed by atoms with van der Waals surface area (Å²) in [5.74, 6) is -1.14. The molecule has 0 aliphatic carbocycles. The van der Waals surface area contributed by atoms with E-state index in [1.54, 1.807) is 0 Å². The highest BCUT2D eigenvalue weighted by Gasteiger charge is 2.62. The predicted molar refractivity (Wildman–Crippen MR) is 58.3 cm³/mol. The Labute approximate surface area is 109 Å². The number of aliphatic hydroxyl groups is 2. The van der Waals surface area contributed by atoms with Gasteiger partial charge in [-0.15, -0.1) is 0 Å². The number of aliphatic hydroxyl groups excluding tert-OH is 2. The van der Waals surface area contributed by atoms with Gasteiger partial charge < -0.3 is 24.4 Å². The maximum Gasteiger partial charge on any atom is 0.332 e. The lowest BCUT2D eigenvalue weighted by Crippen LogP contribution is -2.65. The summed E-state index contributed by atoms with van der Waals surface area (Å²) < 4.78 is 27.2. The van der Waals surface area contributed by atoms with Crippen molar-refractivity contribution in [3.8, 4) is 6.07 Å². The van der Waals surface area contributed by atoms with E-state index in [9.17, 15) is 24.7 Å². The summed E-state index contributed by atoms with van der Waals surface area (Å²) in [6, 6.07) is 1.53. The van der Waals surface area contributed by atoms with Gasteiger partial charge in [0.05, 0.1) is 12.7 Å². The fraction of sp³-hybridized carbons (Fsp3) is 0.818. The summed E-state index contributed by atoms with van der Waals surface area (Å²) in [5, 5.41) is 29.2. The van der Waals surface area contributed by atoms with Crippen molar-refractivity contribution in [2.75, 3.05) is 20.4 Å². The molecule has 0 saturated carbocycles. The topological polar surface area (TPSA) is 109 Å². The number of methoxy groups -OCH3 is 1. The molecule has 0 radical (unpaired) electrons. The summed E-state index contributed by atoms with van der Waals surface area (Å²) >= 11 is 0. The van der Waals surface area contributed by atoms with Crippen LogP contribution in [0.1, 0.15) is 6.92 Å². The molecule has 0 aromatic rings. The summed E-state index contributed by atoms with van der Waals surface area (Å²) in [4.78, 5) is 11.9. The Balaban J connectivity index is 3.22. The van der Waals surface area contributed by atoms with Gasteiger partial charge in [-0.25, -0.2) is 4.39 Å². The van der Waals surface area contributed by atoms with Gasteiger partial charge in [0.1, 0.15) is 25.0 Å². The van der Waals surface area contributed by atoms with Gasteiger partial charge in [-0.1, -0.05) is 0 Å². The molecule has 0 bridgehead atoms. The number of nitrogens with zero attached hydrogens (tertiary/aromatic N) is 1. The van der Waals surface area contributed by atoms with Crippen molar-refractivity contribution in [2.24, 2.45) is 5.41 Å². The third kappa shape index (κ3) is 2.42. The number of nitriles is 1. The summed E-state index contributed by atoms with van der Waals surface area (Å²) in [6.07, 6.45) is -6.52. The summed E-state index contributed by atoms with van der Waals surface area (Å²) in [6.45, 7) is 0.304. The molecule has 8 heteroatoms. The molecule has 7 nitrogen and oxygen atoms in total. The minimum atomic E-state index is -2.34. The largest absolute Gasteiger partial charge is 0.465 e. The zero-order valence-electron chi connectivity index (χ0n) is 10.6. The number of hydrogen-bond acceptors (Lipinski definition) is 7. The van der Waals surface area contributed by atoms with E-state index in [0.29, 0.717) is 0 Å². The fourth-order valence-electron chi connectivity index (χ4n) is 1.98. The van der Waals surface area contributed by atoms with Gasteiger partial charge in [0.15, 0.2) is 6.29 Å². The number of halogens is 1. The maximum atomic E-state index is 12.8. The monoisotopic (exact) mass is 277 g/mol. The zero-order chi connectivity index (χ0) is 14.6. The van der Waals surface area contributed by atoms with Crippen LogP contribution in [-0.4, -0.2) is 61.2 Å². The van der Waals surface area contributed by atoms with Crippen LogP contribution in [0.5, 0.6) is 0 Å². The van der Waals surface area contributed by atoms with Crippen LogP contribution in [-0.2, 0) is 19.0 Å². The highest BCUT2D eigenvalue weighted by Crippen LogP contribution is 2.38. The van der Waals surface area contributed by atoms with Crippen molar-refractivity contribution in [3.05, 3.63) is 0 Å². The van der Waals surface area contributed by atoms with Crippen LogP contribution in [0.15, 0.2) is 0 Å². The van der Waals surface area contributed by atoms with E-state index in [4.69, 9.17) is 9.47 Å². The van der Waals surface area contributed by atoms with Gasteiger partial charge in [-0.05, 0) is 6.92 Å². The molecule has 1 aliphatic rings. The van der Waals surface area contributed by atoms with Crippen molar-refractivity contribution in [1.29, 1.82) is 5.26 Å². The zero-order valence-corrected chi connectivity index (χ0v) is 10.6. The first-order valence-corrected chi connectivity index (χ1v) is 5.68. The minimum absolute atomic E-state index is 0.0551. The highest BCUT2D eigenvalue weighted by atomic mass is 19.1. The van der Waals surface area contributed by atoms with E-state index in [2.05, 4.69) is 4.74 Å². The number of rotatable bonds is 4. The molecular weight excluding hydrogens is 261 g/mol. The fourth-order valence-corrected chi connectivity index (χ4v) is 1.98. The molecule has 19 heavy (non-hydrogen) atoms. The Morgan fingerprint density at radius 1 is 1.53 bits per heavy atom. The predicted octanol–water partition coefficient (Wildman–Crippen LogP) is -0.878. The van der Waals surface area contributed by atoms with Crippen molar-refractivity contribution < 1.29 is 33.6 Å². The molecule has 1 saturated heterocycles. The Kier molecular flexibility index (Phi) is 5.20. The van der Waals surface area contributed by atoms with E-state index in [1.807, 2.05) is 0 Å². The number of carbonyl (C=O) groups excluding carboxylic acids is 1. The number of carbonyl (C=O) groups is 1. The van der Waals surface area contributed by atoms with Crippen molar-refractivity contribution in [3.63, 3.8) is 0 Å². The van der Waals surface area contributed by atoms with Crippen LogP contribution >= 0.6 is 0 Å². The molecule has 0 aromatic heterocycles. The van der Waals surface area contributed by atoms with Crippen LogP contribution in [0.25, 0.3) is 0 Å². The first-order chi connectivity index (χ1) is 8.99. The van der Waals surface area contributed by atoms with E-state index in [-0.39, 0.29) is 6.61 Å². The lowest BCUT2D eigenvalue weighted by atomic mass is 9.73. The van der Waals surface area contributed by atoms with Gasteiger partial charge in [-0.3, -0.25) is 4.79 Å². The molecule has 1 aliphatic heterocycles. The molecule has 5 atom stereocenters. The van der Waals surface area contributed by atoms with E-state index >= 15 is 0 Å². The average Bonchev–Trinajstić information content (AvgIpc) is 2.40. The molecule has 0 aromatic carbocycles. The second-order valence-electron chi connectivity index (χ2n) is 4.02. The maximum absolute atomic E-state index is 12.8. The normalized spacial score (nSPS) is 38.5. The smallest absolute Gasteiger partial charge is 0.332 e. The minimum Gasteiger partial charge on any atom is -0.465 e. The lowest BCUT2D eigenvalue weighted by molar-refractivity contribution is -0.293. The molecule has 1 fully saturated rings. The first-order valence-electron chi connectivity index (χ1n) is 5.68. The molecule has 0 spiro atoms. The van der Waals surface area contributed by atoms with Crippen molar-refractivity contribution in [1.82, 2.24) is 0 Å². The third-order valence-electron chi connectivity index (χ3n) is 3.03. The average molecular weight is 277 g/mol. The Hall–Kier alpha value is -1.27. The Bertz CT molecular complexity index is 355. The van der Waals surface area contributed by atoms with E-state index in [1.165, 1.54) is 13.0 Å². The van der Waals surface area contributed by atoms with Crippen LogP contribution in [0.2, 0.25) is 0 Å². The SMILES string of the molecule is CCOC(=O)[C@@]1(C#N)[C@H](O)[C@@H](CF)O[C@@H](OC)[C@@H]1O. The van der Waals surface area contributed by atoms with Crippen LogP contribution in [0.4, 0.5) is 4.39 Å². The molecule has 2 N–H and O–H groups in total. The van der Waals surface area contributed by atoms with E-state index < -0.39 is 42.7 Å². The Morgan fingerprint density at radius 3 is 2.58 bits per heavy atom. The van der Waals surface area contributed by atoms with Gasteiger partial charge in [0.25, 0.3) is 0 Å². The molecule has 108 valence electrons. The van der Waals surface area contributed by atoms with Crippen LogP contribution < -0.4 is 0 Å². The van der Waals surface area contributed by atoms with Crippen LogP contribution in [0, 0.1) is 16.7 Å². The first kappa shape index (κ1) is 15.8. The lowest BCUT2D eigenvalue weighted by Gasteiger charge is -2.44. The second kappa shape index (κ2) is 6.25. The molecule has 1 rings (SSSR count). The van der Waals surface area contributed by atoms with Gasteiger partial charge in [0, 0.05) is 7.11 Å². The number of esters is 1. The van der Waals surface area contributed by atoms with Crippen molar-refractivity contribution >= 4 is 5.97 Å². The number of alkyl halides is 1. The van der Waals surface area contributed by atoms with E-state index in [0.717, 1.165) is 7.11 Å². The van der Waals surface area contributed by atoms with Gasteiger partial charge >= 0.3 is 5.97 Å². The van der Waals surface area contributed by atoms with Crippen LogP contribution in [0.3, 0.4) is 0 Å². The third-order valence-corrected chi connectivity index (χ3v) is 3.03. The number of ether oxygens (including phenoxy) is 3. The molecule has 0 amide bonds. The highest BCUT2D eigenvalue weighted by molar-refractivity contribution is 5.82. The standard InChI is InChI=1S/C11H16FNO6/c1-3-18-10(16)11(5-13)7(14)6(4-12)19-9(17-2)8(11)15/h6-9,14-15H,3-4H2,1-2H3/t6-,7-,8+,9-,11+/m1/s1. The second-order valence-corrected chi connectivity index (χ2v) is 4.02. The molecule has 0 unspecified atom stereocenters. The van der Waals surface area contributed by atoms with Crippen molar-refractivity contribution in [2.45, 2.75) is 31.5 Å². The Morgan fingerprint density at radius 2 is 2.16 bits per heavy atom. The molecular formula is C11H16FNO6. The number of hydrogen-bond donors (Lipinski definition) is 2. The van der Waals surface area contributed by atoms with Gasteiger partial charge in [-0.2, -0.15) is 5.26 Å². The quantitative estimate of drug-likeness (QED) is 0.642. The molecule has 1 heterocycles. The summed E-state index contributed by atoms with van der Waals surface area (Å²) in [7, 11) is 1.16.